The summed E-state index contributed by atoms with van der Waals surface area (Å²) in [6.45, 7) is 5.08. The van der Waals surface area contributed by atoms with Gasteiger partial charge in [-0.15, -0.1) is 0 Å². The molecule has 0 radical (unpaired) electrons. The van der Waals surface area contributed by atoms with Crippen LogP contribution in [0.5, 0.6) is 0 Å². The molecule has 1 heterocycles. The van der Waals surface area contributed by atoms with Crippen LogP contribution in [0.15, 0.2) is 6.07 Å². The molecule has 0 bridgehead atoms. The third-order valence-corrected chi connectivity index (χ3v) is 1.79. The molecular weight excluding hydrogens is 214 g/mol. The van der Waals surface area contributed by atoms with Gasteiger partial charge < -0.3 is 0 Å². The second-order valence-corrected chi connectivity index (χ2v) is 3.21. The van der Waals surface area contributed by atoms with E-state index in [0.29, 0.717) is 0 Å². The quantitative estimate of drug-likeness (QED) is 0.537. The van der Waals surface area contributed by atoms with Gasteiger partial charge in [-0.05, 0) is 0 Å². The van der Waals surface area contributed by atoms with Crippen LogP contribution in [0, 0.1) is 13.8 Å². The van der Waals surface area contributed by atoms with E-state index in [1.807, 2.05) is 11.6 Å². The molecule has 0 saturated carbocycles. The normalized spacial score (nSPS) is 9.36. The summed E-state index contributed by atoms with van der Waals surface area (Å²) in [5.74, 6) is 0. The topological polar surface area (TPSA) is 17.8 Å². The Kier molecular flexibility index (Phi) is 5.75. The first-order chi connectivity index (χ1) is 4.74. The summed E-state index contributed by atoms with van der Waals surface area (Å²) in [4.78, 5) is 0. The van der Waals surface area contributed by atoms with Crippen LogP contribution in [0.3, 0.4) is 0 Å². The van der Waals surface area contributed by atoms with E-state index >= 15 is 0 Å². The van der Waals surface area contributed by atoms with Crippen LogP contribution < -0.4 is 29.6 Å². The Bertz CT molecular complexity index is 222. The van der Waals surface area contributed by atoms with Gasteiger partial charge in [-0.25, -0.2) is 0 Å². The molecule has 2 nitrogen and oxygen atoms in total. The third-order valence-electron chi connectivity index (χ3n) is 1.41. The Morgan fingerprint density at radius 3 is 2.55 bits per heavy atom. The Labute approximate surface area is 97.8 Å². The number of hydrogen-bond acceptors (Lipinski definition) is 1. The standard InChI is InChI=1S/C7H12N2Se.Na/c1-6-5-7(2)9(8-6)3-4-10;/h5,10H,3-4H2,1-2H3;/q;+1/p-1. The second-order valence-electron chi connectivity index (χ2n) is 2.35. The van der Waals surface area contributed by atoms with E-state index in [4.69, 9.17) is 0 Å². The zero-order valence-corrected chi connectivity index (χ0v) is 11.0. The van der Waals surface area contributed by atoms with Crippen molar-refractivity contribution in [3.8, 4) is 0 Å². The second kappa shape index (κ2) is 5.39. The van der Waals surface area contributed by atoms with E-state index in [-0.39, 0.29) is 29.6 Å². The van der Waals surface area contributed by atoms with E-state index in [2.05, 4.69) is 34.1 Å². The maximum Gasteiger partial charge on any atom is 1.00 e. The summed E-state index contributed by atoms with van der Waals surface area (Å²) < 4.78 is 2.02. The van der Waals surface area contributed by atoms with E-state index in [1.54, 1.807) is 0 Å². The van der Waals surface area contributed by atoms with Crippen molar-refractivity contribution in [2.45, 2.75) is 25.7 Å². The molecule has 0 spiro atoms. The van der Waals surface area contributed by atoms with Crippen LogP contribution in [0.2, 0.25) is 5.32 Å². The van der Waals surface area contributed by atoms with E-state index in [9.17, 15) is 0 Å². The molecule has 1 aromatic heterocycles. The minimum absolute atomic E-state index is 0. The number of nitrogens with zero attached hydrogens (tertiary/aromatic N) is 2. The van der Waals surface area contributed by atoms with Crippen LogP contribution in [-0.4, -0.2) is 25.8 Å². The van der Waals surface area contributed by atoms with Crippen molar-refractivity contribution >= 4 is 16.0 Å². The zero-order valence-electron chi connectivity index (χ0n) is 7.29. The average Bonchev–Trinajstić information content (AvgIpc) is 2.13. The number of hydrogen-bond donors (Lipinski definition) is 0. The van der Waals surface area contributed by atoms with Gasteiger partial charge in [0.2, 0.25) is 0 Å². The average molecular weight is 225 g/mol. The van der Waals surface area contributed by atoms with Gasteiger partial charge in [0.15, 0.2) is 0 Å². The van der Waals surface area contributed by atoms with E-state index in [1.165, 1.54) is 5.69 Å². The predicted molar refractivity (Wildman–Crippen MR) is 42.3 cm³/mol. The summed E-state index contributed by atoms with van der Waals surface area (Å²) in [5.41, 5.74) is 2.35. The van der Waals surface area contributed by atoms with Crippen LogP contribution in [0.1, 0.15) is 11.4 Å². The molecule has 0 atom stereocenters. The first-order valence-electron chi connectivity index (χ1n) is 3.33. The van der Waals surface area contributed by atoms with Crippen LogP contribution in [-0.2, 0) is 6.54 Å². The molecule has 0 aliphatic heterocycles. The Balaban J connectivity index is 0.000001000. The molecule has 56 valence electrons. The van der Waals surface area contributed by atoms with Gasteiger partial charge in [0.25, 0.3) is 0 Å². The summed E-state index contributed by atoms with van der Waals surface area (Å²) in [6, 6.07) is 2.09. The van der Waals surface area contributed by atoms with Crippen LogP contribution in [0.4, 0.5) is 0 Å². The molecule has 0 amide bonds. The molecule has 0 aliphatic carbocycles. The Morgan fingerprint density at radius 1 is 1.55 bits per heavy atom. The molecule has 11 heavy (non-hydrogen) atoms. The van der Waals surface area contributed by atoms with Crippen molar-refractivity contribution in [2.75, 3.05) is 0 Å². The SMILES string of the molecule is Cc1cc(C)n(CC[Se-])n1.[Na+]. The first-order valence-corrected chi connectivity index (χ1v) is 4.54. The molecule has 0 saturated heterocycles. The molecule has 0 fully saturated rings. The fourth-order valence-corrected chi connectivity index (χ4v) is 1.35. The smallest absolute Gasteiger partial charge is 1.00 e. The largest absolute Gasteiger partial charge is 1.00 e. The Hall–Kier alpha value is 0.729. The van der Waals surface area contributed by atoms with Gasteiger partial charge in [-0.3, -0.25) is 0 Å². The number of aryl methyl sites for hydroxylation is 3. The number of aromatic nitrogens is 2. The first kappa shape index (κ1) is 11.7. The van der Waals surface area contributed by atoms with Crippen molar-refractivity contribution in [3.63, 3.8) is 0 Å². The minimum Gasteiger partial charge on any atom is 1.00 e. The maximum atomic E-state index is 4.30. The van der Waals surface area contributed by atoms with Gasteiger partial charge >= 0.3 is 98.5 Å². The van der Waals surface area contributed by atoms with Crippen molar-refractivity contribution in [3.05, 3.63) is 17.5 Å². The Morgan fingerprint density at radius 2 is 2.18 bits per heavy atom. The van der Waals surface area contributed by atoms with Gasteiger partial charge in [0.1, 0.15) is 0 Å². The maximum absolute atomic E-state index is 4.30. The van der Waals surface area contributed by atoms with Gasteiger partial charge in [-0.2, -0.15) is 0 Å². The van der Waals surface area contributed by atoms with Crippen LogP contribution >= 0.6 is 0 Å². The summed E-state index contributed by atoms with van der Waals surface area (Å²) in [6.07, 6.45) is 0. The van der Waals surface area contributed by atoms with Crippen molar-refractivity contribution in [2.24, 2.45) is 0 Å². The van der Waals surface area contributed by atoms with Crippen LogP contribution in [0.25, 0.3) is 0 Å². The molecule has 0 aliphatic rings. The van der Waals surface area contributed by atoms with Crippen molar-refractivity contribution < 1.29 is 29.6 Å². The summed E-state index contributed by atoms with van der Waals surface area (Å²) >= 11 is 2.97. The van der Waals surface area contributed by atoms with Gasteiger partial charge in [0.05, 0.1) is 0 Å². The van der Waals surface area contributed by atoms with Crippen molar-refractivity contribution in [1.29, 1.82) is 0 Å². The molecule has 1 aromatic rings. The molecule has 4 heteroatoms. The fraction of sp³-hybridized carbons (Fsp3) is 0.571. The summed E-state index contributed by atoms with van der Waals surface area (Å²) in [7, 11) is 0. The minimum atomic E-state index is 0. The molecular formula is C7H11N2NaSe. The molecule has 0 unspecified atom stereocenters. The number of rotatable bonds is 2. The van der Waals surface area contributed by atoms with Gasteiger partial charge in [0, 0.05) is 0 Å². The molecule has 0 N–H and O–H groups in total. The fourth-order valence-electron chi connectivity index (χ4n) is 0.988. The van der Waals surface area contributed by atoms with Gasteiger partial charge in [-0.1, -0.05) is 0 Å². The van der Waals surface area contributed by atoms with E-state index in [0.717, 1.165) is 17.6 Å². The molecule has 0 aromatic carbocycles. The van der Waals surface area contributed by atoms with E-state index < -0.39 is 0 Å². The predicted octanol–water partition coefficient (Wildman–Crippen LogP) is -1.91. The van der Waals surface area contributed by atoms with Crippen molar-refractivity contribution in [1.82, 2.24) is 9.78 Å². The monoisotopic (exact) mass is 226 g/mol. The zero-order chi connectivity index (χ0) is 7.56. The summed E-state index contributed by atoms with van der Waals surface area (Å²) in [5, 5.41) is 5.33. The molecule has 1 rings (SSSR count). The third kappa shape index (κ3) is 3.30.